The summed E-state index contributed by atoms with van der Waals surface area (Å²) in [5.74, 6) is 1.20. The van der Waals surface area contributed by atoms with Crippen molar-refractivity contribution in [1.29, 1.82) is 0 Å². The lowest BCUT2D eigenvalue weighted by atomic mass is 9.94. The van der Waals surface area contributed by atoms with E-state index < -0.39 is 0 Å². The van der Waals surface area contributed by atoms with Crippen LogP contribution in [-0.2, 0) is 4.79 Å². The monoisotopic (exact) mass is 242 g/mol. The van der Waals surface area contributed by atoms with E-state index in [2.05, 4.69) is 20.8 Å². The molecule has 0 aliphatic carbocycles. The first-order chi connectivity index (χ1) is 8.01. The fraction of sp³-hybridized carbons (Fsp3) is 0.929. The van der Waals surface area contributed by atoms with Gasteiger partial charge in [0.2, 0.25) is 5.91 Å². The van der Waals surface area contributed by atoms with Crippen molar-refractivity contribution in [2.45, 2.75) is 52.9 Å². The second kappa shape index (κ2) is 9.46. The maximum Gasteiger partial charge on any atom is 0.222 e. The number of carbonyl (C=O) groups is 1. The van der Waals surface area contributed by atoms with E-state index in [0.29, 0.717) is 24.8 Å². The largest absolute Gasteiger partial charge is 0.346 e. The topological polar surface area (TPSA) is 46.3 Å². The van der Waals surface area contributed by atoms with E-state index in [9.17, 15) is 4.79 Å². The quantitative estimate of drug-likeness (QED) is 0.632. The van der Waals surface area contributed by atoms with E-state index in [1.807, 2.05) is 11.9 Å². The van der Waals surface area contributed by atoms with E-state index in [1.54, 1.807) is 0 Å². The zero-order chi connectivity index (χ0) is 13.3. The molecule has 1 amide bonds. The maximum atomic E-state index is 12.0. The minimum absolute atomic E-state index is 0.247. The van der Waals surface area contributed by atoms with Crippen molar-refractivity contribution in [3.63, 3.8) is 0 Å². The molecule has 0 spiro atoms. The summed E-state index contributed by atoms with van der Waals surface area (Å²) in [4.78, 5) is 13.8. The number of amides is 1. The molecule has 0 aromatic heterocycles. The molecule has 0 aromatic rings. The van der Waals surface area contributed by atoms with Crippen LogP contribution in [0.1, 0.15) is 52.9 Å². The van der Waals surface area contributed by atoms with Crippen LogP contribution < -0.4 is 5.73 Å². The molecule has 0 fully saturated rings. The minimum atomic E-state index is 0.247. The van der Waals surface area contributed by atoms with Crippen molar-refractivity contribution in [2.24, 2.45) is 17.6 Å². The van der Waals surface area contributed by atoms with Gasteiger partial charge in [0, 0.05) is 20.0 Å². The highest BCUT2D eigenvalue weighted by atomic mass is 16.2. The Balaban J connectivity index is 3.94. The summed E-state index contributed by atoms with van der Waals surface area (Å²) in [6.07, 6.45) is 5.16. The number of rotatable bonds is 9. The van der Waals surface area contributed by atoms with Gasteiger partial charge in [-0.2, -0.15) is 0 Å². The number of nitrogens with two attached hydrogens (primary N) is 1. The van der Waals surface area contributed by atoms with Crippen LogP contribution >= 0.6 is 0 Å². The van der Waals surface area contributed by atoms with Gasteiger partial charge in [-0.15, -0.1) is 0 Å². The molecule has 102 valence electrons. The van der Waals surface area contributed by atoms with Crippen LogP contribution in [0.5, 0.6) is 0 Å². The number of unbranched alkanes of at least 4 members (excludes halogenated alkanes) is 2. The van der Waals surface area contributed by atoms with E-state index in [0.717, 1.165) is 19.4 Å². The summed E-state index contributed by atoms with van der Waals surface area (Å²) in [5, 5.41) is 0. The molecule has 0 unspecified atom stereocenters. The Labute approximate surface area is 107 Å². The predicted octanol–water partition coefficient (Wildman–Crippen LogP) is 2.65. The molecule has 0 saturated carbocycles. The van der Waals surface area contributed by atoms with Crippen LogP contribution in [0.4, 0.5) is 0 Å². The summed E-state index contributed by atoms with van der Waals surface area (Å²) in [6.45, 7) is 8.03. The predicted molar refractivity (Wildman–Crippen MR) is 73.8 cm³/mol. The average Bonchev–Trinajstić information content (AvgIpc) is 2.27. The molecule has 0 rings (SSSR count). The molecule has 0 saturated heterocycles. The first kappa shape index (κ1) is 16.4. The zero-order valence-corrected chi connectivity index (χ0v) is 12.0. The third kappa shape index (κ3) is 8.19. The van der Waals surface area contributed by atoms with Gasteiger partial charge in [-0.3, -0.25) is 4.79 Å². The molecule has 3 nitrogen and oxygen atoms in total. The highest BCUT2D eigenvalue weighted by Crippen LogP contribution is 2.15. The van der Waals surface area contributed by atoms with Gasteiger partial charge in [-0.25, -0.2) is 0 Å². The first-order valence-corrected chi connectivity index (χ1v) is 6.95. The Bertz CT molecular complexity index is 204. The SMILES string of the molecule is CCCCCN(C)C(=O)C[C@@H](CN)CC(C)C. The molecular formula is C14H30N2O. The smallest absolute Gasteiger partial charge is 0.222 e. The minimum Gasteiger partial charge on any atom is -0.346 e. The number of hydrogen-bond acceptors (Lipinski definition) is 2. The zero-order valence-electron chi connectivity index (χ0n) is 12.0. The molecule has 2 N–H and O–H groups in total. The number of hydrogen-bond donors (Lipinski definition) is 1. The lowest BCUT2D eigenvalue weighted by molar-refractivity contribution is -0.131. The summed E-state index contributed by atoms with van der Waals surface area (Å²) < 4.78 is 0. The lowest BCUT2D eigenvalue weighted by Crippen LogP contribution is -2.31. The second-order valence-corrected chi connectivity index (χ2v) is 5.46. The molecular weight excluding hydrogens is 212 g/mol. The van der Waals surface area contributed by atoms with E-state index in [1.165, 1.54) is 12.8 Å². The van der Waals surface area contributed by atoms with Gasteiger partial charge in [-0.05, 0) is 31.2 Å². The van der Waals surface area contributed by atoms with Crippen LogP contribution in [-0.4, -0.2) is 30.9 Å². The fourth-order valence-electron chi connectivity index (χ4n) is 2.06. The van der Waals surface area contributed by atoms with Crippen LogP contribution in [0.15, 0.2) is 0 Å². The van der Waals surface area contributed by atoms with Gasteiger partial charge in [0.25, 0.3) is 0 Å². The Morgan fingerprint density at radius 3 is 2.41 bits per heavy atom. The standard InChI is InChI=1S/C14H30N2O/c1-5-6-7-8-16(4)14(17)10-13(11-15)9-12(2)3/h12-13H,5-11,15H2,1-4H3/t13-/m0/s1. The van der Waals surface area contributed by atoms with Crippen molar-refractivity contribution in [3.8, 4) is 0 Å². The van der Waals surface area contributed by atoms with E-state index >= 15 is 0 Å². The molecule has 0 heterocycles. The molecule has 0 aromatic carbocycles. The maximum absolute atomic E-state index is 12.0. The Kier molecular flexibility index (Phi) is 9.14. The van der Waals surface area contributed by atoms with Gasteiger partial charge in [0.1, 0.15) is 0 Å². The summed E-state index contributed by atoms with van der Waals surface area (Å²) in [5.41, 5.74) is 5.72. The fourth-order valence-corrected chi connectivity index (χ4v) is 2.06. The molecule has 0 aliphatic heterocycles. The summed E-state index contributed by atoms with van der Waals surface area (Å²) in [7, 11) is 1.90. The molecule has 0 radical (unpaired) electrons. The molecule has 1 atom stereocenters. The van der Waals surface area contributed by atoms with Crippen molar-refractivity contribution in [2.75, 3.05) is 20.1 Å². The van der Waals surface area contributed by atoms with Crippen molar-refractivity contribution >= 4 is 5.91 Å². The Morgan fingerprint density at radius 1 is 1.29 bits per heavy atom. The average molecular weight is 242 g/mol. The second-order valence-electron chi connectivity index (χ2n) is 5.46. The number of carbonyl (C=O) groups excluding carboxylic acids is 1. The van der Waals surface area contributed by atoms with Crippen molar-refractivity contribution < 1.29 is 4.79 Å². The molecule has 3 heteroatoms. The first-order valence-electron chi connectivity index (χ1n) is 6.95. The lowest BCUT2D eigenvalue weighted by Gasteiger charge is -2.21. The van der Waals surface area contributed by atoms with Crippen LogP contribution in [0.25, 0.3) is 0 Å². The van der Waals surface area contributed by atoms with Crippen LogP contribution in [0, 0.1) is 11.8 Å². The van der Waals surface area contributed by atoms with Crippen molar-refractivity contribution in [3.05, 3.63) is 0 Å². The summed E-state index contributed by atoms with van der Waals surface area (Å²) in [6, 6.07) is 0. The number of nitrogens with zero attached hydrogens (tertiary/aromatic N) is 1. The molecule has 0 bridgehead atoms. The van der Waals surface area contributed by atoms with E-state index in [4.69, 9.17) is 5.73 Å². The van der Waals surface area contributed by atoms with Gasteiger partial charge in [0.05, 0.1) is 0 Å². The van der Waals surface area contributed by atoms with Gasteiger partial charge >= 0.3 is 0 Å². The normalized spacial score (nSPS) is 12.8. The van der Waals surface area contributed by atoms with Crippen molar-refractivity contribution in [1.82, 2.24) is 4.90 Å². The van der Waals surface area contributed by atoms with E-state index in [-0.39, 0.29) is 5.91 Å². The Hall–Kier alpha value is -0.570. The highest BCUT2D eigenvalue weighted by molar-refractivity contribution is 5.76. The van der Waals surface area contributed by atoms with Gasteiger partial charge < -0.3 is 10.6 Å². The highest BCUT2D eigenvalue weighted by Gasteiger charge is 2.16. The van der Waals surface area contributed by atoms with Crippen LogP contribution in [0.3, 0.4) is 0 Å². The third-order valence-electron chi connectivity index (χ3n) is 3.12. The Morgan fingerprint density at radius 2 is 1.94 bits per heavy atom. The molecule has 17 heavy (non-hydrogen) atoms. The van der Waals surface area contributed by atoms with Gasteiger partial charge in [0.15, 0.2) is 0 Å². The third-order valence-corrected chi connectivity index (χ3v) is 3.12. The van der Waals surface area contributed by atoms with Crippen LogP contribution in [0.2, 0.25) is 0 Å². The van der Waals surface area contributed by atoms with Gasteiger partial charge in [-0.1, -0.05) is 33.6 Å². The molecule has 0 aliphatic rings. The summed E-state index contributed by atoms with van der Waals surface area (Å²) >= 11 is 0.